The highest BCUT2D eigenvalue weighted by Crippen LogP contribution is 2.28. The van der Waals surface area contributed by atoms with Gasteiger partial charge < -0.3 is 15.2 Å². The zero-order valence-corrected chi connectivity index (χ0v) is 17.7. The van der Waals surface area contributed by atoms with E-state index in [1.54, 1.807) is 38.6 Å². The van der Waals surface area contributed by atoms with Gasteiger partial charge in [-0.15, -0.1) is 0 Å². The van der Waals surface area contributed by atoms with Gasteiger partial charge in [0.2, 0.25) is 0 Å². The summed E-state index contributed by atoms with van der Waals surface area (Å²) < 4.78 is 6.35. The number of carboxylic acids is 1. The third kappa shape index (κ3) is 4.02. The zero-order valence-electron chi connectivity index (χ0n) is 17.7. The average molecular weight is 430 g/mol. The number of aryl methyl sites for hydroxylation is 1. The molecule has 0 amide bonds. The van der Waals surface area contributed by atoms with Gasteiger partial charge in [-0.2, -0.15) is 5.10 Å². The molecule has 0 fully saturated rings. The number of fused-ring (bicyclic) bond motifs is 1. The highest BCUT2D eigenvalue weighted by atomic mass is 16.5. The predicted molar refractivity (Wildman–Crippen MR) is 122 cm³/mol. The van der Waals surface area contributed by atoms with E-state index in [0.29, 0.717) is 17.0 Å². The van der Waals surface area contributed by atoms with Gasteiger partial charge in [-0.3, -0.25) is 9.78 Å². The van der Waals surface area contributed by atoms with Gasteiger partial charge in [0, 0.05) is 35.5 Å². The summed E-state index contributed by atoms with van der Waals surface area (Å²) in [7, 11) is 1.58. The number of carbonyl (C=O) groups is 1. The van der Waals surface area contributed by atoms with E-state index < -0.39 is 11.5 Å². The van der Waals surface area contributed by atoms with E-state index in [9.17, 15) is 14.7 Å². The zero-order chi connectivity index (χ0) is 22.7. The predicted octanol–water partition coefficient (Wildman–Crippen LogP) is 3.85. The number of hydrogen-bond acceptors (Lipinski definition) is 6. The van der Waals surface area contributed by atoms with E-state index in [0.717, 1.165) is 21.0 Å². The molecule has 8 heteroatoms. The summed E-state index contributed by atoms with van der Waals surface area (Å²) in [5.41, 5.74) is 1.36. The Morgan fingerprint density at radius 2 is 1.88 bits per heavy atom. The summed E-state index contributed by atoms with van der Waals surface area (Å²) in [5, 5.41) is 18.9. The van der Waals surface area contributed by atoms with Crippen molar-refractivity contribution in [1.29, 1.82) is 0 Å². The minimum Gasteiger partial charge on any atom is -0.497 e. The van der Waals surface area contributed by atoms with E-state index in [1.165, 1.54) is 0 Å². The van der Waals surface area contributed by atoms with Crippen LogP contribution in [0.15, 0.2) is 65.7 Å². The Bertz CT molecular complexity index is 1340. The van der Waals surface area contributed by atoms with Gasteiger partial charge in [0.15, 0.2) is 5.69 Å². The van der Waals surface area contributed by atoms with Crippen LogP contribution in [0, 0.1) is 0 Å². The van der Waals surface area contributed by atoms with Crippen LogP contribution in [-0.2, 0) is 13.0 Å². The molecule has 4 aromatic rings. The second kappa shape index (κ2) is 8.89. The average Bonchev–Trinajstić information content (AvgIpc) is 2.82. The van der Waals surface area contributed by atoms with Crippen molar-refractivity contribution in [3.63, 3.8) is 0 Å². The quantitative estimate of drug-likeness (QED) is 0.459. The Kier molecular flexibility index (Phi) is 5.85. The van der Waals surface area contributed by atoms with E-state index in [2.05, 4.69) is 15.4 Å². The molecule has 0 aliphatic heterocycles. The number of nitrogens with one attached hydrogen (secondary N) is 1. The summed E-state index contributed by atoms with van der Waals surface area (Å²) in [4.78, 5) is 29.6. The van der Waals surface area contributed by atoms with Crippen molar-refractivity contribution in [2.75, 3.05) is 12.4 Å². The summed E-state index contributed by atoms with van der Waals surface area (Å²) in [5.74, 6) is -0.512. The standard InChI is InChI=1S/C24H22N4O4/c1-3-28-23(29)21(26-20-14-25-13-16-6-4-5-7-18(16)20)19(22(27-28)24(30)31)12-15-8-10-17(32-2)11-9-15/h4-11,13-14,26H,3,12H2,1-2H3,(H,30,31). The van der Waals surface area contributed by atoms with Crippen molar-refractivity contribution >= 4 is 28.1 Å². The molecule has 0 aliphatic rings. The number of pyridine rings is 1. The first-order valence-corrected chi connectivity index (χ1v) is 10.1. The lowest BCUT2D eigenvalue weighted by atomic mass is 10.0. The first-order valence-electron chi connectivity index (χ1n) is 10.1. The molecule has 2 N–H and O–H groups in total. The van der Waals surface area contributed by atoms with Crippen molar-refractivity contribution in [1.82, 2.24) is 14.8 Å². The number of ether oxygens (including phenoxy) is 1. The molecule has 8 nitrogen and oxygen atoms in total. The SMILES string of the molecule is CCn1nc(C(=O)O)c(Cc2ccc(OC)cc2)c(Nc2cncc3ccccc23)c1=O. The normalized spacial score (nSPS) is 10.8. The molecule has 0 saturated heterocycles. The van der Waals surface area contributed by atoms with Crippen molar-refractivity contribution < 1.29 is 14.6 Å². The number of aromatic nitrogens is 3. The maximum atomic E-state index is 13.2. The number of nitrogens with zero attached hydrogens (tertiary/aromatic N) is 3. The van der Waals surface area contributed by atoms with Crippen LogP contribution in [0.4, 0.5) is 11.4 Å². The molecule has 0 spiro atoms. The third-order valence-electron chi connectivity index (χ3n) is 5.23. The maximum Gasteiger partial charge on any atom is 0.356 e. The lowest BCUT2D eigenvalue weighted by Gasteiger charge is -2.17. The molecule has 2 aromatic carbocycles. The van der Waals surface area contributed by atoms with Crippen molar-refractivity contribution in [3.8, 4) is 5.75 Å². The number of anilines is 2. The summed E-state index contributed by atoms with van der Waals surface area (Å²) in [6.07, 6.45) is 3.56. The molecule has 0 bridgehead atoms. The molecule has 0 unspecified atom stereocenters. The molecule has 162 valence electrons. The van der Waals surface area contributed by atoms with Crippen molar-refractivity contribution in [2.24, 2.45) is 0 Å². The number of benzene rings is 2. The molecular formula is C24H22N4O4. The third-order valence-corrected chi connectivity index (χ3v) is 5.23. The summed E-state index contributed by atoms with van der Waals surface area (Å²) in [6.45, 7) is 1.98. The molecule has 32 heavy (non-hydrogen) atoms. The Morgan fingerprint density at radius 1 is 1.12 bits per heavy atom. The van der Waals surface area contributed by atoms with Crippen LogP contribution in [0.3, 0.4) is 0 Å². The number of methoxy groups -OCH3 is 1. The molecule has 2 heterocycles. The number of carboxylic acid groups (broad SMARTS) is 1. The molecular weight excluding hydrogens is 408 g/mol. The molecule has 0 atom stereocenters. The number of aromatic carboxylic acids is 1. The topological polar surface area (TPSA) is 106 Å². The lowest BCUT2D eigenvalue weighted by molar-refractivity contribution is 0.0686. The van der Waals surface area contributed by atoms with Gasteiger partial charge in [-0.25, -0.2) is 9.48 Å². The first-order chi connectivity index (χ1) is 15.5. The number of rotatable bonds is 7. The molecule has 0 saturated carbocycles. The monoisotopic (exact) mass is 430 g/mol. The Balaban J connectivity index is 1.89. The summed E-state index contributed by atoms with van der Waals surface area (Å²) >= 11 is 0. The van der Waals surface area contributed by atoms with Crippen LogP contribution >= 0.6 is 0 Å². The second-order valence-electron chi connectivity index (χ2n) is 7.19. The van der Waals surface area contributed by atoms with Crippen LogP contribution in [0.5, 0.6) is 5.75 Å². The molecule has 4 rings (SSSR count). The van der Waals surface area contributed by atoms with Crippen molar-refractivity contribution in [3.05, 3.63) is 88.1 Å². The highest BCUT2D eigenvalue weighted by Gasteiger charge is 2.22. The van der Waals surface area contributed by atoms with E-state index in [4.69, 9.17) is 4.74 Å². The summed E-state index contributed by atoms with van der Waals surface area (Å²) in [6, 6.07) is 14.9. The minimum absolute atomic E-state index is 0.169. The van der Waals surface area contributed by atoms with Gasteiger partial charge in [0.25, 0.3) is 5.56 Å². The second-order valence-corrected chi connectivity index (χ2v) is 7.19. The van der Waals surface area contributed by atoms with Gasteiger partial charge in [-0.05, 0) is 24.6 Å². The Labute approximate surface area is 184 Å². The Morgan fingerprint density at radius 3 is 2.56 bits per heavy atom. The highest BCUT2D eigenvalue weighted by molar-refractivity contribution is 5.95. The fourth-order valence-electron chi connectivity index (χ4n) is 3.59. The van der Waals surface area contributed by atoms with Crippen LogP contribution in [0.1, 0.15) is 28.5 Å². The first kappa shape index (κ1) is 21.0. The van der Waals surface area contributed by atoms with Gasteiger partial charge >= 0.3 is 5.97 Å². The fourth-order valence-corrected chi connectivity index (χ4v) is 3.59. The largest absolute Gasteiger partial charge is 0.497 e. The van der Waals surface area contributed by atoms with Crippen molar-refractivity contribution in [2.45, 2.75) is 19.9 Å². The van der Waals surface area contributed by atoms with Crippen LogP contribution in [0.25, 0.3) is 10.8 Å². The molecule has 0 aliphatic carbocycles. The maximum absolute atomic E-state index is 13.2. The van der Waals surface area contributed by atoms with E-state index >= 15 is 0 Å². The van der Waals surface area contributed by atoms with Crippen LogP contribution in [-0.4, -0.2) is 33.0 Å². The van der Waals surface area contributed by atoms with Gasteiger partial charge in [-0.1, -0.05) is 36.4 Å². The Hall–Kier alpha value is -4.20. The fraction of sp³-hybridized carbons (Fsp3) is 0.167. The van der Waals surface area contributed by atoms with Crippen LogP contribution < -0.4 is 15.6 Å². The lowest BCUT2D eigenvalue weighted by Crippen LogP contribution is -2.29. The van der Waals surface area contributed by atoms with Gasteiger partial charge in [0.1, 0.15) is 11.4 Å². The minimum atomic E-state index is -1.20. The molecule has 2 aromatic heterocycles. The van der Waals surface area contributed by atoms with Crippen LogP contribution in [0.2, 0.25) is 0 Å². The van der Waals surface area contributed by atoms with E-state index in [1.807, 2.05) is 36.4 Å². The van der Waals surface area contributed by atoms with Gasteiger partial charge in [0.05, 0.1) is 19.0 Å². The number of hydrogen-bond donors (Lipinski definition) is 2. The molecule has 0 radical (unpaired) electrons. The smallest absolute Gasteiger partial charge is 0.356 e. The van der Waals surface area contributed by atoms with E-state index in [-0.39, 0.29) is 24.3 Å².